The Morgan fingerprint density at radius 1 is 1.05 bits per heavy atom. The molecule has 0 bridgehead atoms. The number of benzene rings is 2. The minimum Gasteiger partial charge on any atom is -0.497 e. The number of methoxy groups -OCH3 is 1. The van der Waals surface area contributed by atoms with Gasteiger partial charge in [-0.3, -0.25) is 0 Å². The molecule has 0 saturated heterocycles. The van der Waals surface area contributed by atoms with Gasteiger partial charge in [-0.15, -0.1) is 0 Å². The van der Waals surface area contributed by atoms with Crippen LogP contribution in [0.3, 0.4) is 0 Å². The van der Waals surface area contributed by atoms with Crippen molar-refractivity contribution >= 4 is 31.3 Å². The minimum atomic E-state index is -3.77. The fraction of sp³-hybridized carbons (Fsp3) is 0.0769. The van der Waals surface area contributed by atoms with Crippen molar-refractivity contribution in [2.75, 3.05) is 7.11 Å². The zero-order valence-electron chi connectivity index (χ0n) is 9.93. The van der Waals surface area contributed by atoms with E-state index >= 15 is 0 Å². The summed E-state index contributed by atoms with van der Waals surface area (Å²) in [6, 6.07) is 11.7. The molecule has 0 aromatic heterocycles. The van der Waals surface area contributed by atoms with Crippen molar-refractivity contribution in [2.45, 2.75) is 4.90 Å². The summed E-state index contributed by atoms with van der Waals surface area (Å²) in [5, 5.41) is 0.326. The molecule has 0 saturated carbocycles. The highest BCUT2D eigenvalue weighted by Crippen LogP contribution is 2.31. The molecule has 6 heteroatoms. The molecule has 0 spiro atoms. The van der Waals surface area contributed by atoms with Gasteiger partial charge in [-0.1, -0.05) is 29.8 Å². The zero-order chi connectivity index (χ0) is 14.0. The van der Waals surface area contributed by atoms with Crippen LogP contribution >= 0.6 is 22.3 Å². The number of rotatable bonds is 3. The minimum absolute atomic E-state index is 0.0172. The smallest absolute Gasteiger partial charge is 0.261 e. The Hall–Kier alpha value is -1.23. The van der Waals surface area contributed by atoms with Gasteiger partial charge in [-0.05, 0) is 29.8 Å². The highest BCUT2D eigenvalue weighted by atomic mass is 35.7. The Morgan fingerprint density at radius 3 is 2.16 bits per heavy atom. The van der Waals surface area contributed by atoms with Gasteiger partial charge in [0.2, 0.25) is 0 Å². The molecule has 0 aliphatic carbocycles. The summed E-state index contributed by atoms with van der Waals surface area (Å²) in [5.41, 5.74) is 1.60. The molecule has 2 aromatic rings. The first-order valence-electron chi connectivity index (χ1n) is 5.30. The highest BCUT2D eigenvalue weighted by Gasteiger charge is 2.13. The number of halogens is 2. The topological polar surface area (TPSA) is 43.4 Å². The van der Waals surface area contributed by atoms with E-state index in [1.54, 1.807) is 25.3 Å². The Kier molecular flexibility index (Phi) is 4.04. The van der Waals surface area contributed by atoms with Crippen molar-refractivity contribution in [3.05, 3.63) is 47.5 Å². The fourth-order valence-electron chi connectivity index (χ4n) is 1.65. The molecule has 0 amide bonds. The molecule has 0 unspecified atom stereocenters. The number of hydrogen-bond acceptors (Lipinski definition) is 3. The third kappa shape index (κ3) is 3.21. The Balaban J connectivity index is 2.46. The summed E-state index contributed by atoms with van der Waals surface area (Å²) < 4.78 is 27.5. The Morgan fingerprint density at radius 2 is 1.68 bits per heavy atom. The SMILES string of the molecule is COc1ccc(-c2ccc(S(=O)(=O)Cl)cc2Cl)cc1. The van der Waals surface area contributed by atoms with E-state index in [1.165, 1.54) is 12.1 Å². The second-order valence-electron chi connectivity index (χ2n) is 3.81. The fourth-order valence-corrected chi connectivity index (χ4v) is 2.78. The van der Waals surface area contributed by atoms with Crippen molar-refractivity contribution in [3.63, 3.8) is 0 Å². The Labute approximate surface area is 121 Å². The third-order valence-corrected chi connectivity index (χ3v) is 4.29. The van der Waals surface area contributed by atoms with Crippen LogP contribution in [-0.4, -0.2) is 15.5 Å². The van der Waals surface area contributed by atoms with Crippen LogP contribution in [0, 0.1) is 0 Å². The second-order valence-corrected chi connectivity index (χ2v) is 6.78. The quantitative estimate of drug-likeness (QED) is 0.805. The lowest BCUT2D eigenvalue weighted by molar-refractivity contribution is 0.415. The molecule has 0 fully saturated rings. The van der Waals surface area contributed by atoms with Gasteiger partial charge in [0.05, 0.1) is 12.0 Å². The summed E-state index contributed by atoms with van der Waals surface area (Å²) in [4.78, 5) is -0.0172. The molecule has 100 valence electrons. The first-order valence-corrected chi connectivity index (χ1v) is 7.99. The zero-order valence-corrected chi connectivity index (χ0v) is 12.3. The van der Waals surface area contributed by atoms with E-state index in [-0.39, 0.29) is 4.90 Å². The van der Waals surface area contributed by atoms with Gasteiger partial charge in [0.15, 0.2) is 0 Å². The monoisotopic (exact) mass is 316 g/mol. The molecule has 2 aromatic carbocycles. The molecule has 0 radical (unpaired) electrons. The van der Waals surface area contributed by atoms with E-state index in [0.29, 0.717) is 5.02 Å². The van der Waals surface area contributed by atoms with Crippen molar-refractivity contribution in [3.8, 4) is 16.9 Å². The van der Waals surface area contributed by atoms with Crippen LogP contribution in [0.25, 0.3) is 11.1 Å². The van der Waals surface area contributed by atoms with Gasteiger partial charge in [0.25, 0.3) is 9.05 Å². The second kappa shape index (κ2) is 5.41. The average molecular weight is 317 g/mol. The Bertz CT molecular complexity index is 694. The van der Waals surface area contributed by atoms with Gasteiger partial charge in [0, 0.05) is 21.3 Å². The van der Waals surface area contributed by atoms with Gasteiger partial charge in [0.1, 0.15) is 5.75 Å². The predicted molar refractivity (Wildman–Crippen MR) is 76.5 cm³/mol. The molecule has 0 aliphatic heterocycles. The van der Waals surface area contributed by atoms with Crippen LogP contribution in [0.4, 0.5) is 0 Å². The maximum atomic E-state index is 11.2. The van der Waals surface area contributed by atoms with E-state index in [0.717, 1.165) is 16.9 Å². The van der Waals surface area contributed by atoms with E-state index < -0.39 is 9.05 Å². The van der Waals surface area contributed by atoms with Crippen LogP contribution in [0.15, 0.2) is 47.4 Å². The number of ether oxygens (including phenoxy) is 1. The molecule has 3 nitrogen and oxygen atoms in total. The third-order valence-electron chi connectivity index (χ3n) is 2.62. The standard InChI is InChI=1S/C13H10Cl2O3S/c1-18-10-4-2-9(3-5-10)12-7-6-11(8-13(12)14)19(15,16)17/h2-8H,1H3. The van der Waals surface area contributed by atoms with Crippen LogP contribution in [0.5, 0.6) is 5.75 Å². The molecule has 0 aliphatic rings. The van der Waals surface area contributed by atoms with Gasteiger partial charge >= 0.3 is 0 Å². The van der Waals surface area contributed by atoms with Crippen LogP contribution < -0.4 is 4.74 Å². The maximum Gasteiger partial charge on any atom is 0.261 e. The molecule has 0 atom stereocenters. The lowest BCUT2D eigenvalue weighted by Crippen LogP contribution is -1.91. The van der Waals surface area contributed by atoms with Crippen LogP contribution in [0.1, 0.15) is 0 Å². The van der Waals surface area contributed by atoms with Crippen LogP contribution in [0.2, 0.25) is 5.02 Å². The summed E-state index contributed by atoms with van der Waals surface area (Å²) in [6.07, 6.45) is 0. The predicted octanol–water partition coefficient (Wildman–Crippen LogP) is 3.94. The van der Waals surface area contributed by atoms with Crippen LogP contribution in [-0.2, 0) is 9.05 Å². The lowest BCUT2D eigenvalue weighted by atomic mass is 10.1. The van der Waals surface area contributed by atoms with Crippen molar-refractivity contribution in [2.24, 2.45) is 0 Å². The normalized spacial score (nSPS) is 11.3. The highest BCUT2D eigenvalue weighted by molar-refractivity contribution is 8.13. The molecular weight excluding hydrogens is 307 g/mol. The molecule has 0 heterocycles. The summed E-state index contributed by atoms with van der Waals surface area (Å²) in [5.74, 6) is 0.736. The molecular formula is C13H10Cl2O3S. The van der Waals surface area contributed by atoms with E-state index in [2.05, 4.69) is 0 Å². The summed E-state index contributed by atoms with van der Waals surface area (Å²) in [6.45, 7) is 0. The first kappa shape index (κ1) is 14.2. The van der Waals surface area contributed by atoms with Crippen molar-refractivity contribution < 1.29 is 13.2 Å². The largest absolute Gasteiger partial charge is 0.497 e. The van der Waals surface area contributed by atoms with Crippen molar-refractivity contribution in [1.82, 2.24) is 0 Å². The summed E-state index contributed by atoms with van der Waals surface area (Å²) in [7, 11) is 3.08. The van der Waals surface area contributed by atoms with E-state index in [9.17, 15) is 8.42 Å². The first-order chi connectivity index (χ1) is 8.91. The van der Waals surface area contributed by atoms with Gasteiger partial charge < -0.3 is 4.74 Å². The van der Waals surface area contributed by atoms with Gasteiger partial charge in [-0.25, -0.2) is 8.42 Å². The molecule has 0 N–H and O–H groups in total. The van der Waals surface area contributed by atoms with Crippen molar-refractivity contribution in [1.29, 1.82) is 0 Å². The summed E-state index contributed by atoms with van der Waals surface area (Å²) >= 11 is 6.09. The molecule has 19 heavy (non-hydrogen) atoms. The maximum absolute atomic E-state index is 11.2. The average Bonchev–Trinajstić information content (AvgIpc) is 2.38. The van der Waals surface area contributed by atoms with Gasteiger partial charge in [-0.2, -0.15) is 0 Å². The van der Waals surface area contributed by atoms with E-state index in [1.807, 2.05) is 12.1 Å². The molecule has 2 rings (SSSR count). The van der Waals surface area contributed by atoms with E-state index in [4.69, 9.17) is 27.0 Å². The lowest BCUT2D eigenvalue weighted by Gasteiger charge is -2.07. The number of hydrogen-bond donors (Lipinski definition) is 0.